The van der Waals surface area contributed by atoms with Gasteiger partial charge in [0.25, 0.3) is 0 Å². The average molecular weight is 815 g/mol. The van der Waals surface area contributed by atoms with Gasteiger partial charge in [0.2, 0.25) is 0 Å². The van der Waals surface area contributed by atoms with E-state index in [-0.39, 0.29) is 17.6 Å². The summed E-state index contributed by atoms with van der Waals surface area (Å²) in [5.74, 6) is -0.152. The number of benzene rings is 8. The van der Waals surface area contributed by atoms with E-state index in [1.54, 1.807) is 0 Å². The van der Waals surface area contributed by atoms with Gasteiger partial charge in [-0.3, -0.25) is 9.78 Å². The van der Waals surface area contributed by atoms with Crippen molar-refractivity contribution in [3.63, 3.8) is 0 Å². The summed E-state index contributed by atoms with van der Waals surface area (Å²) in [7, 11) is 0. The Morgan fingerprint density at radius 1 is 0.484 bits per heavy atom. The smallest absolute Gasteiger partial charge is 0.175 e. The van der Waals surface area contributed by atoms with E-state index in [1.807, 2.05) is 0 Å². The topological polar surface area (TPSA) is 34.4 Å². The molecule has 17 rings (SSSR count). The molecule has 0 aliphatic heterocycles. The minimum Gasteiger partial charge on any atom is -0.306 e. The molecule has 0 saturated heterocycles. The van der Waals surface area contributed by atoms with E-state index in [0.717, 1.165) is 64.7 Å². The standard InChI is InChI=1S/C61H38N2O/c64-59-45-31-48-46(30-44(45)51-37-20-7-9-22-39(37)54(59)40-23-10-8-21-38(40)51)53-42-28-26-33-14-13-15-34-27-29-43(52(42)50(33)34)55-57-49(63(48)58(53)55)32-62-60-56(57)41-24-11-12-25-47(41)61(60,35-16-3-1-4-17-35)36-18-5-2-6-19-36/h1-25,30-32,51,54H,26-29H2. The third-order valence-electron chi connectivity index (χ3n) is 16.4. The van der Waals surface area contributed by atoms with Crippen LogP contribution in [0, 0.1) is 0 Å². The van der Waals surface area contributed by atoms with Crippen LogP contribution in [0.4, 0.5) is 0 Å². The van der Waals surface area contributed by atoms with Crippen molar-refractivity contribution in [2.24, 2.45) is 0 Å². The van der Waals surface area contributed by atoms with Crippen molar-refractivity contribution >= 4 is 43.9 Å². The molecule has 2 bridgehead atoms. The minimum atomic E-state index is -0.611. The number of rotatable bonds is 2. The number of pyridine rings is 1. The number of hydrogen-bond donors (Lipinski definition) is 0. The van der Waals surface area contributed by atoms with Crippen LogP contribution in [0.1, 0.15) is 94.6 Å². The summed E-state index contributed by atoms with van der Waals surface area (Å²) in [5.41, 5.74) is 25.8. The second-order valence-corrected chi connectivity index (χ2v) is 18.9. The Bertz CT molecular complexity index is 3830. The predicted molar refractivity (Wildman–Crippen MR) is 256 cm³/mol. The van der Waals surface area contributed by atoms with Gasteiger partial charge in [-0.05, 0) is 121 Å². The molecule has 6 aliphatic carbocycles. The molecule has 11 aromatic rings. The van der Waals surface area contributed by atoms with Gasteiger partial charge >= 0.3 is 0 Å². The number of ketones is 1. The van der Waals surface area contributed by atoms with Gasteiger partial charge < -0.3 is 4.40 Å². The maximum atomic E-state index is 15.4. The lowest BCUT2D eigenvalue weighted by Crippen LogP contribution is -2.29. The van der Waals surface area contributed by atoms with Crippen LogP contribution in [0.15, 0.2) is 170 Å². The lowest BCUT2D eigenvalue weighted by molar-refractivity contribution is 0.0974. The SMILES string of the molecule is O=C1c2cc3c(cc2C2c4ccccc4C1c1ccccc12)c1c2c4c(c5c6c7c(ncc6n3c15)C(c1ccccc1)(c1ccccc1)c1ccccc1-7)CCc1cccc(c1-4)CC2. The monoisotopic (exact) mass is 814 g/mol. The molecule has 64 heavy (non-hydrogen) atoms. The fraction of sp³-hybridized carbons (Fsp3) is 0.115. The molecule has 0 spiro atoms. The van der Waals surface area contributed by atoms with Crippen molar-refractivity contribution in [2.75, 3.05) is 0 Å². The molecule has 6 aliphatic rings. The van der Waals surface area contributed by atoms with E-state index in [0.29, 0.717) is 0 Å². The third kappa shape index (κ3) is 3.78. The first-order chi connectivity index (χ1) is 31.7. The van der Waals surface area contributed by atoms with Gasteiger partial charge in [0.15, 0.2) is 5.78 Å². The number of aromatic nitrogens is 2. The number of nitrogens with zero attached hydrogens (tertiary/aromatic N) is 2. The number of fused-ring (bicyclic) bond motifs is 12. The molecule has 8 aromatic carbocycles. The number of aryl methyl sites for hydroxylation is 4. The van der Waals surface area contributed by atoms with Crippen LogP contribution in [-0.4, -0.2) is 15.2 Å². The van der Waals surface area contributed by atoms with E-state index in [9.17, 15) is 0 Å². The molecule has 0 fully saturated rings. The lowest BCUT2D eigenvalue weighted by atomic mass is 9.69. The highest BCUT2D eigenvalue weighted by Gasteiger charge is 2.49. The second kappa shape index (κ2) is 11.7. The van der Waals surface area contributed by atoms with Gasteiger partial charge in [0.05, 0.1) is 39.8 Å². The van der Waals surface area contributed by atoms with Crippen molar-refractivity contribution in [2.45, 2.75) is 42.9 Å². The highest BCUT2D eigenvalue weighted by molar-refractivity contribution is 6.31. The quantitative estimate of drug-likeness (QED) is 0.174. The highest BCUT2D eigenvalue weighted by atomic mass is 16.1. The summed E-state index contributed by atoms with van der Waals surface area (Å²) >= 11 is 0. The minimum absolute atomic E-state index is 0.0190. The maximum absolute atomic E-state index is 15.4. The van der Waals surface area contributed by atoms with Crippen molar-refractivity contribution in [1.82, 2.24) is 9.38 Å². The van der Waals surface area contributed by atoms with Gasteiger partial charge in [-0.25, -0.2) is 0 Å². The van der Waals surface area contributed by atoms with Crippen molar-refractivity contribution in [3.05, 3.63) is 248 Å². The Hall–Kier alpha value is -7.62. The zero-order chi connectivity index (χ0) is 41.6. The Labute approximate surface area is 369 Å². The molecule has 3 heteroatoms. The molecule has 0 saturated carbocycles. The summed E-state index contributed by atoms with van der Waals surface area (Å²) in [6.45, 7) is 0. The van der Waals surface area contributed by atoms with Gasteiger partial charge in [-0.15, -0.1) is 0 Å². The Balaban J connectivity index is 1.11. The molecule has 3 aromatic heterocycles. The predicted octanol–water partition coefficient (Wildman–Crippen LogP) is 13.3. The molecular weight excluding hydrogens is 777 g/mol. The van der Waals surface area contributed by atoms with Crippen LogP contribution in [0.2, 0.25) is 0 Å². The van der Waals surface area contributed by atoms with Crippen LogP contribution in [0.5, 0.6) is 0 Å². The molecule has 298 valence electrons. The van der Waals surface area contributed by atoms with Crippen LogP contribution < -0.4 is 0 Å². The summed E-state index contributed by atoms with van der Waals surface area (Å²) in [4.78, 5) is 21.2. The largest absolute Gasteiger partial charge is 0.306 e. The number of Topliss-reactive ketones (excluding diaryl/α,β-unsaturated/α-hetero) is 1. The van der Waals surface area contributed by atoms with Crippen molar-refractivity contribution in [3.8, 4) is 22.3 Å². The van der Waals surface area contributed by atoms with Crippen LogP contribution in [-0.2, 0) is 31.1 Å². The summed E-state index contributed by atoms with van der Waals surface area (Å²) < 4.78 is 2.55. The Morgan fingerprint density at radius 3 is 1.75 bits per heavy atom. The normalized spacial score (nSPS) is 17.9. The van der Waals surface area contributed by atoms with Gasteiger partial charge in [0.1, 0.15) is 0 Å². The second-order valence-electron chi connectivity index (χ2n) is 18.9. The number of carbonyl (C=O) groups is 1. The average Bonchev–Trinajstić information content (AvgIpc) is 3.93. The third-order valence-corrected chi connectivity index (χ3v) is 16.4. The Kier molecular flexibility index (Phi) is 6.20. The number of carbonyl (C=O) groups excluding carboxylic acids is 1. The maximum Gasteiger partial charge on any atom is 0.175 e. The van der Waals surface area contributed by atoms with Gasteiger partial charge in [0, 0.05) is 38.6 Å². The highest BCUT2D eigenvalue weighted by Crippen LogP contribution is 2.61. The van der Waals surface area contributed by atoms with Crippen molar-refractivity contribution in [1.29, 1.82) is 0 Å². The van der Waals surface area contributed by atoms with Crippen LogP contribution in [0.25, 0.3) is 60.3 Å². The summed E-state index contributed by atoms with van der Waals surface area (Å²) in [6, 6.07) is 60.4. The molecule has 0 amide bonds. The summed E-state index contributed by atoms with van der Waals surface area (Å²) in [5, 5.41) is 5.27. The first kappa shape index (κ1) is 33.9. The van der Waals surface area contributed by atoms with Crippen LogP contribution >= 0.6 is 0 Å². The number of hydrogen-bond acceptors (Lipinski definition) is 2. The van der Waals surface area contributed by atoms with E-state index >= 15 is 4.79 Å². The van der Waals surface area contributed by atoms with E-state index in [1.165, 1.54) is 99.4 Å². The molecule has 0 unspecified atom stereocenters. The molecule has 0 N–H and O–H groups in total. The molecule has 0 atom stereocenters. The van der Waals surface area contributed by atoms with Gasteiger partial charge in [-0.2, -0.15) is 0 Å². The first-order valence-corrected chi connectivity index (χ1v) is 23.0. The zero-order valence-electron chi connectivity index (χ0n) is 35.0. The van der Waals surface area contributed by atoms with E-state index < -0.39 is 5.41 Å². The van der Waals surface area contributed by atoms with Gasteiger partial charge in [-0.1, -0.05) is 152 Å². The summed E-state index contributed by atoms with van der Waals surface area (Å²) in [6.07, 6.45) is 6.22. The Morgan fingerprint density at radius 2 is 1.08 bits per heavy atom. The molecule has 3 heterocycles. The van der Waals surface area contributed by atoms with E-state index in [2.05, 4.69) is 174 Å². The van der Waals surface area contributed by atoms with Crippen LogP contribution in [0.3, 0.4) is 0 Å². The van der Waals surface area contributed by atoms with Crippen molar-refractivity contribution < 1.29 is 4.79 Å². The molecular formula is C61H38N2O. The van der Waals surface area contributed by atoms with E-state index in [4.69, 9.17) is 4.98 Å². The molecule has 0 radical (unpaired) electrons. The first-order valence-electron chi connectivity index (χ1n) is 23.0. The lowest BCUT2D eigenvalue weighted by Gasteiger charge is -2.32. The zero-order valence-corrected chi connectivity index (χ0v) is 35.0. The fourth-order valence-corrected chi connectivity index (χ4v) is 14.1. The fourth-order valence-electron chi connectivity index (χ4n) is 14.1. The molecule has 3 nitrogen and oxygen atoms in total.